The van der Waals surface area contributed by atoms with Crippen LogP contribution >= 0.6 is 11.6 Å². The predicted molar refractivity (Wildman–Crippen MR) is 116 cm³/mol. The van der Waals surface area contributed by atoms with Crippen LogP contribution in [0, 0.1) is 0 Å². The minimum absolute atomic E-state index is 0.170. The summed E-state index contributed by atoms with van der Waals surface area (Å²) in [6.07, 6.45) is 1.85. The molecule has 0 aliphatic carbocycles. The molecule has 0 aliphatic rings. The first-order valence-electron chi connectivity index (χ1n) is 9.50. The van der Waals surface area contributed by atoms with Crippen molar-refractivity contribution < 1.29 is 4.79 Å². The number of pyridine rings is 1. The highest BCUT2D eigenvalue weighted by atomic mass is 35.5. The monoisotopic (exact) mass is 418 g/mol. The fourth-order valence-corrected chi connectivity index (χ4v) is 3.45. The van der Waals surface area contributed by atoms with E-state index in [1.54, 1.807) is 18.3 Å². The number of aromatic nitrogens is 3. The van der Waals surface area contributed by atoms with Crippen molar-refractivity contribution in [3.8, 4) is 0 Å². The smallest absolute Gasteiger partial charge is 0.275 e. The zero-order chi connectivity index (χ0) is 20.9. The van der Waals surface area contributed by atoms with Gasteiger partial charge in [0.25, 0.3) is 5.56 Å². The van der Waals surface area contributed by atoms with Crippen LogP contribution in [0.5, 0.6) is 0 Å². The van der Waals surface area contributed by atoms with Gasteiger partial charge in [0.1, 0.15) is 0 Å². The van der Waals surface area contributed by atoms with Gasteiger partial charge in [0, 0.05) is 16.6 Å². The number of carbonyl (C=O) groups excluding carboxylic acids is 1. The molecule has 1 amide bonds. The molecule has 0 bridgehead atoms. The Hall–Kier alpha value is -3.51. The number of rotatable bonds is 6. The molecule has 0 fully saturated rings. The molecule has 150 valence electrons. The van der Waals surface area contributed by atoms with Crippen molar-refractivity contribution in [1.29, 1.82) is 0 Å². The lowest BCUT2D eigenvalue weighted by Gasteiger charge is -2.12. The van der Waals surface area contributed by atoms with Gasteiger partial charge in [0.2, 0.25) is 5.91 Å². The van der Waals surface area contributed by atoms with E-state index >= 15 is 0 Å². The number of halogens is 1. The second-order valence-electron chi connectivity index (χ2n) is 6.82. The molecule has 4 aromatic rings. The maximum Gasteiger partial charge on any atom is 0.275 e. The van der Waals surface area contributed by atoms with E-state index in [4.69, 9.17) is 11.6 Å². The second kappa shape index (κ2) is 8.88. The molecule has 7 heteroatoms. The Bertz CT molecular complexity index is 1260. The summed E-state index contributed by atoms with van der Waals surface area (Å²) in [5, 5.41) is 9.23. The molecule has 0 radical (unpaired) electrons. The van der Waals surface area contributed by atoms with Crippen molar-refractivity contribution in [2.24, 2.45) is 0 Å². The molecule has 0 saturated carbocycles. The number of nitrogens with one attached hydrogen (secondary N) is 1. The number of benzene rings is 2. The maximum atomic E-state index is 12.9. The third kappa shape index (κ3) is 4.39. The van der Waals surface area contributed by atoms with Crippen LogP contribution in [0.25, 0.3) is 10.8 Å². The lowest BCUT2D eigenvalue weighted by molar-refractivity contribution is -0.120. The fourth-order valence-electron chi connectivity index (χ4n) is 3.25. The van der Waals surface area contributed by atoms with Gasteiger partial charge in [-0.2, -0.15) is 5.10 Å². The Morgan fingerprint density at radius 3 is 2.47 bits per heavy atom. The summed E-state index contributed by atoms with van der Waals surface area (Å²) >= 11 is 6.14. The molecule has 0 saturated heterocycles. The molecule has 0 atom stereocenters. The lowest BCUT2D eigenvalue weighted by Crippen LogP contribution is -2.29. The third-order valence-corrected chi connectivity index (χ3v) is 5.11. The zero-order valence-electron chi connectivity index (χ0n) is 16.1. The quantitative estimate of drug-likeness (QED) is 0.521. The Morgan fingerprint density at radius 2 is 1.70 bits per heavy atom. The molecule has 6 nitrogen and oxygen atoms in total. The Balaban J connectivity index is 1.60. The maximum absolute atomic E-state index is 12.9. The number of nitrogens with zero attached hydrogens (tertiary/aromatic N) is 3. The first-order valence-corrected chi connectivity index (χ1v) is 9.88. The lowest BCUT2D eigenvalue weighted by atomic mass is 10.1. The highest BCUT2D eigenvalue weighted by Crippen LogP contribution is 2.16. The number of carbonyl (C=O) groups is 1. The van der Waals surface area contributed by atoms with E-state index in [0.29, 0.717) is 16.1 Å². The van der Waals surface area contributed by atoms with Gasteiger partial charge in [-0.1, -0.05) is 54.1 Å². The van der Waals surface area contributed by atoms with Gasteiger partial charge in [0.15, 0.2) is 0 Å². The summed E-state index contributed by atoms with van der Waals surface area (Å²) < 4.78 is 1.39. The molecule has 0 spiro atoms. The molecular weight excluding hydrogens is 400 g/mol. The molecule has 2 aromatic carbocycles. The van der Waals surface area contributed by atoms with Crippen LogP contribution in [-0.4, -0.2) is 20.7 Å². The standard InChI is InChI=1S/C23H19ClN4O2/c24-20-11-4-1-7-16(20)13-22(29)26-14-21-18-9-2-3-10-19(18)23(30)28(27-21)15-17-8-5-6-12-25-17/h1-12H,13-15H2,(H,26,29). The number of hydrogen-bond acceptors (Lipinski definition) is 4. The SMILES string of the molecule is O=C(Cc1ccccc1Cl)NCc1nn(Cc2ccccn2)c(=O)c2ccccc12. The van der Waals surface area contributed by atoms with Gasteiger partial charge < -0.3 is 5.32 Å². The summed E-state index contributed by atoms with van der Waals surface area (Å²) in [6.45, 7) is 0.456. The first-order chi connectivity index (χ1) is 14.6. The highest BCUT2D eigenvalue weighted by molar-refractivity contribution is 6.31. The van der Waals surface area contributed by atoms with Gasteiger partial charge >= 0.3 is 0 Å². The predicted octanol–water partition coefficient (Wildman–Crippen LogP) is 3.35. The Kier molecular flexibility index (Phi) is 5.86. The van der Waals surface area contributed by atoms with E-state index in [1.165, 1.54) is 4.68 Å². The average molecular weight is 419 g/mol. The van der Waals surface area contributed by atoms with Crippen molar-refractivity contribution >= 4 is 28.3 Å². The van der Waals surface area contributed by atoms with Crippen LogP contribution in [0.2, 0.25) is 5.02 Å². The van der Waals surface area contributed by atoms with E-state index in [-0.39, 0.29) is 31.0 Å². The minimum Gasteiger partial charge on any atom is -0.350 e. The molecule has 1 N–H and O–H groups in total. The second-order valence-corrected chi connectivity index (χ2v) is 7.23. The molecule has 0 unspecified atom stereocenters. The molecule has 2 heterocycles. The number of fused-ring (bicyclic) bond motifs is 1. The first kappa shape index (κ1) is 19.8. The van der Waals surface area contributed by atoms with Gasteiger partial charge in [-0.25, -0.2) is 4.68 Å². The molecular formula is C23H19ClN4O2. The van der Waals surface area contributed by atoms with Gasteiger partial charge in [-0.05, 0) is 29.8 Å². The van der Waals surface area contributed by atoms with E-state index in [0.717, 1.165) is 16.6 Å². The van der Waals surface area contributed by atoms with E-state index in [1.807, 2.05) is 54.6 Å². The summed E-state index contributed by atoms with van der Waals surface area (Å²) in [4.78, 5) is 29.6. The highest BCUT2D eigenvalue weighted by Gasteiger charge is 2.13. The molecule has 0 aliphatic heterocycles. The normalized spacial score (nSPS) is 10.8. The van der Waals surface area contributed by atoms with Crippen LogP contribution in [0.3, 0.4) is 0 Å². The van der Waals surface area contributed by atoms with Crippen LogP contribution in [0.1, 0.15) is 17.0 Å². The van der Waals surface area contributed by atoms with Crippen LogP contribution in [0.15, 0.2) is 77.7 Å². The summed E-state index contributed by atoms with van der Waals surface area (Å²) in [7, 11) is 0. The van der Waals surface area contributed by atoms with Gasteiger partial charge in [-0.15, -0.1) is 0 Å². The van der Waals surface area contributed by atoms with Crippen molar-refractivity contribution in [1.82, 2.24) is 20.1 Å². The summed E-state index contributed by atoms with van der Waals surface area (Å²) in [5.41, 5.74) is 1.92. The van der Waals surface area contributed by atoms with E-state index in [9.17, 15) is 9.59 Å². The Labute approximate surface area is 178 Å². The topological polar surface area (TPSA) is 76.9 Å². The summed E-state index contributed by atoms with van der Waals surface area (Å²) in [6, 6.07) is 20.0. The average Bonchev–Trinajstić information content (AvgIpc) is 2.77. The Morgan fingerprint density at radius 1 is 0.967 bits per heavy atom. The van der Waals surface area contributed by atoms with Crippen LogP contribution < -0.4 is 10.9 Å². The van der Waals surface area contributed by atoms with Crippen molar-refractivity contribution in [2.45, 2.75) is 19.5 Å². The van der Waals surface area contributed by atoms with Crippen LogP contribution in [-0.2, 0) is 24.3 Å². The van der Waals surface area contributed by atoms with Crippen molar-refractivity contribution in [2.75, 3.05) is 0 Å². The molecule has 2 aromatic heterocycles. The number of hydrogen-bond donors (Lipinski definition) is 1. The third-order valence-electron chi connectivity index (χ3n) is 4.74. The zero-order valence-corrected chi connectivity index (χ0v) is 16.8. The van der Waals surface area contributed by atoms with Crippen molar-refractivity contribution in [3.05, 3.63) is 105 Å². The van der Waals surface area contributed by atoms with E-state index in [2.05, 4.69) is 15.4 Å². The summed E-state index contributed by atoms with van der Waals surface area (Å²) in [5.74, 6) is -0.170. The molecule has 30 heavy (non-hydrogen) atoms. The van der Waals surface area contributed by atoms with Gasteiger partial charge in [0.05, 0.1) is 36.3 Å². The van der Waals surface area contributed by atoms with Crippen LogP contribution in [0.4, 0.5) is 0 Å². The number of amides is 1. The van der Waals surface area contributed by atoms with E-state index < -0.39 is 0 Å². The molecule has 4 rings (SSSR count). The minimum atomic E-state index is -0.192. The van der Waals surface area contributed by atoms with Gasteiger partial charge in [-0.3, -0.25) is 14.6 Å². The largest absolute Gasteiger partial charge is 0.350 e. The fraction of sp³-hybridized carbons (Fsp3) is 0.130. The van der Waals surface area contributed by atoms with Crippen molar-refractivity contribution in [3.63, 3.8) is 0 Å².